The summed E-state index contributed by atoms with van der Waals surface area (Å²) in [6, 6.07) is 5.75. The summed E-state index contributed by atoms with van der Waals surface area (Å²) in [7, 11) is 3.01. The summed E-state index contributed by atoms with van der Waals surface area (Å²) in [5.74, 6) is 1.20. The fourth-order valence-electron chi connectivity index (χ4n) is 2.51. The lowest BCUT2D eigenvalue weighted by atomic mass is 10.1. The van der Waals surface area contributed by atoms with Crippen LogP contribution in [0.4, 0.5) is 0 Å². The summed E-state index contributed by atoms with van der Waals surface area (Å²) in [6.45, 7) is 1.48. The summed E-state index contributed by atoms with van der Waals surface area (Å²) in [4.78, 5) is 11.2. The first-order chi connectivity index (χ1) is 10.7. The highest BCUT2D eigenvalue weighted by Crippen LogP contribution is 2.29. The van der Waals surface area contributed by atoms with Gasteiger partial charge in [0.2, 0.25) is 0 Å². The molecule has 122 valence electrons. The standard InChI is InChI=1S/C17H24O5/c1-19-16-12-13(6-8-17(18)20-2)5-7-15(16)22-11-9-14-4-3-10-21-14/h5,7,12,14H,3-4,6,8-11H2,1-2H3. The monoisotopic (exact) mass is 308 g/mol. The van der Waals surface area contributed by atoms with E-state index in [1.807, 2.05) is 18.2 Å². The molecule has 0 N–H and O–H groups in total. The Bertz CT molecular complexity index is 480. The molecular formula is C17H24O5. The number of carbonyl (C=O) groups excluding carboxylic acids is 1. The molecule has 1 unspecified atom stereocenters. The van der Waals surface area contributed by atoms with Gasteiger partial charge in [0.1, 0.15) is 0 Å². The first-order valence-corrected chi connectivity index (χ1v) is 7.71. The zero-order valence-electron chi connectivity index (χ0n) is 13.3. The molecule has 0 aromatic heterocycles. The molecule has 5 nitrogen and oxygen atoms in total. The first kappa shape index (κ1) is 16.6. The van der Waals surface area contributed by atoms with Crippen molar-refractivity contribution in [2.24, 2.45) is 0 Å². The Hall–Kier alpha value is -1.75. The Labute approximate surface area is 131 Å². The lowest BCUT2D eigenvalue weighted by molar-refractivity contribution is -0.140. The third-order valence-corrected chi connectivity index (χ3v) is 3.79. The van der Waals surface area contributed by atoms with Gasteiger partial charge in [0, 0.05) is 19.4 Å². The van der Waals surface area contributed by atoms with Crippen molar-refractivity contribution in [3.05, 3.63) is 23.8 Å². The summed E-state index contributed by atoms with van der Waals surface area (Å²) in [6.07, 6.45) is 4.46. The van der Waals surface area contributed by atoms with E-state index in [-0.39, 0.29) is 5.97 Å². The second kappa shape index (κ2) is 8.63. The number of esters is 1. The maximum Gasteiger partial charge on any atom is 0.305 e. The van der Waals surface area contributed by atoms with Gasteiger partial charge in [0.15, 0.2) is 11.5 Å². The smallest absolute Gasteiger partial charge is 0.305 e. The Morgan fingerprint density at radius 3 is 2.86 bits per heavy atom. The van der Waals surface area contributed by atoms with E-state index in [0.29, 0.717) is 31.3 Å². The average Bonchev–Trinajstić information content (AvgIpc) is 3.06. The molecule has 1 aromatic rings. The molecule has 1 heterocycles. The van der Waals surface area contributed by atoms with Crippen molar-refractivity contribution in [1.29, 1.82) is 0 Å². The second-order valence-electron chi connectivity index (χ2n) is 5.33. The van der Waals surface area contributed by atoms with E-state index in [2.05, 4.69) is 4.74 Å². The van der Waals surface area contributed by atoms with Crippen molar-refractivity contribution in [3.63, 3.8) is 0 Å². The minimum absolute atomic E-state index is 0.212. The highest BCUT2D eigenvalue weighted by molar-refractivity contribution is 5.69. The average molecular weight is 308 g/mol. The Kier molecular flexibility index (Phi) is 6.52. The molecule has 2 rings (SSSR count). The molecule has 1 fully saturated rings. The summed E-state index contributed by atoms with van der Waals surface area (Å²) in [5, 5.41) is 0. The van der Waals surface area contributed by atoms with E-state index in [1.54, 1.807) is 7.11 Å². The van der Waals surface area contributed by atoms with Crippen molar-refractivity contribution < 1.29 is 23.7 Å². The number of methoxy groups -OCH3 is 2. The molecule has 1 aliphatic rings. The van der Waals surface area contributed by atoms with Crippen LogP contribution in [0.3, 0.4) is 0 Å². The molecule has 0 spiro atoms. The number of hydrogen-bond donors (Lipinski definition) is 0. The van der Waals surface area contributed by atoms with Gasteiger partial charge in [-0.3, -0.25) is 4.79 Å². The number of ether oxygens (including phenoxy) is 4. The summed E-state index contributed by atoms with van der Waals surface area (Å²) >= 11 is 0. The zero-order chi connectivity index (χ0) is 15.8. The molecule has 0 saturated carbocycles. The number of carbonyl (C=O) groups is 1. The molecule has 0 amide bonds. The summed E-state index contributed by atoms with van der Waals surface area (Å²) in [5.41, 5.74) is 1.02. The topological polar surface area (TPSA) is 54.0 Å². The quantitative estimate of drug-likeness (QED) is 0.691. The van der Waals surface area contributed by atoms with Crippen LogP contribution in [0.2, 0.25) is 0 Å². The molecule has 1 aromatic carbocycles. The van der Waals surface area contributed by atoms with Gasteiger partial charge in [-0.15, -0.1) is 0 Å². The van der Waals surface area contributed by atoms with Gasteiger partial charge < -0.3 is 18.9 Å². The lowest BCUT2D eigenvalue weighted by Crippen LogP contribution is -2.11. The molecular weight excluding hydrogens is 284 g/mol. The summed E-state index contributed by atoms with van der Waals surface area (Å²) < 4.78 is 21.4. The Balaban J connectivity index is 1.86. The maximum absolute atomic E-state index is 11.2. The fraction of sp³-hybridized carbons (Fsp3) is 0.588. The minimum Gasteiger partial charge on any atom is -0.493 e. The molecule has 0 radical (unpaired) electrons. The third-order valence-electron chi connectivity index (χ3n) is 3.79. The zero-order valence-corrected chi connectivity index (χ0v) is 13.3. The second-order valence-corrected chi connectivity index (χ2v) is 5.33. The van der Waals surface area contributed by atoms with E-state index < -0.39 is 0 Å². The fourth-order valence-corrected chi connectivity index (χ4v) is 2.51. The van der Waals surface area contributed by atoms with Crippen molar-refractivity contribution in [2.45, 2.75) is 38.2 Å². The van der Waals surface area contributed by atoms with E-state index in [9.17, 15) is 4.79 Å². The molecule has 22 heavy (non-hydrogen) atoms. The van der Waals surface area contributed by atoms with Crippen LogP contribution in [0.25, 0.3) is 0 Å². The number of hydrogen-bond acceptors (Lipinski definition) is 5. The molecule has 1 aliphatic heterocycles. The van der Waals surface area contributed by atoms with Gasteiger partial charge >= 0.3 is 5.97 Å². The van der Waals surface area contributed by atoms with E-state index in [0.717, 1.165) is 37.2 Å². The lowest BCUT2D eigenvalue weighted by Gasteiger charge is -2.14. The van der Waals surface area contributed by atoms with Crippen molar-refractivity contribution in [1.82, 2.24) is 0 Å². The van der Waals surface area contributed by atoms with Crippen LogP contribution in [0.1, 0.15) is 31.2 Å². The number of rotatable bonds is 8. The highest BCUT2D eigenvalue weighted by atomic mass is 16.5. The molecule has 5 heteroatoms. The van der Waals surface area contributed by atoms with Crippen LogP contribution >= 0.6 is 0 Å². The van der Waals surface area contributed by atoms with E-state index in [1.165, 1.54) is 7.11 Å². The first-order valence-electron chi connectivity index (χ1n) is 7.71. The van der Waals surface area contributed by atoms with Crippen molar-refractivity contribution >= 4 is 5.97 Å². The normalized spacial score (nSPS) is 17.3. The van der Waals surface area contributed by atoms with Crippen molar-refractivity contribution in [2.75, 3.05) is 27.4 Å². The predicted molar refractivity (Wildman–Crippen MR) is 82.4 cm³/mol. The minimum atomic E-state index is -0.212. The van der Waals surface area contributed by atoms with Gasteiger partial charge in [-0.05, 0) is 37.0 Å². The van der Waals surface area contributed by atoms with E-state index >= 15 is 0 Å². The number of benzene rings is 1. The molecule has 0 aliphatic carbocycles. The molecule has 1 atom stereocenters. The van der Waals surface area contributed by atoms with Crippen LogP contribution in [0.15, 0.2) is 18.2 Å². The molecule has 1 saturated heterocycles. The van der Waals surface area contributed by atoms with Crippen LogP contribution < -0.4 is 9.47 Å². The van der Waals surface area contributed by atoms with Crippen LogP contribution in [-0.2, 0) is 20.7 Å². The Morgan fingerprint density at radius 2 is 2.18 bits per heavy atom. The number of aryl methyl sites for hydroxylation is 1. The molecule has 0 bridgehead atoms. The van der Waals surface area contributed by atoms with Crippen LogP contribution in [-0.4, -0.2) is 39.5 Å². The largest absolute Gasteiger partial charge is 0.493 e. The van der Waals surface area contributed by atoms with Gasteiger partial charge in [-0.25, -0.2) is 0 Å². The van der Waals surface area contributed by atoms with E-state index in [4.69, 9.17) is 14.2 Å². The highest BCUT2D eigenvalue weighted by Gasteiger charge is 2.15. The van der Waals surface area contributed by atoms with Gasteiger partial charge in [-0.1, -0.05) is 6.07 Å². The van der Waals surface area contributed by atoms with Gasteiger partial charge in [0.25, 0.3) is 0 Å². The van der Waals surface area contributed by atoms with Crippen LogP contribution in [0.5, 0.6) is 11.5 Å². The SMILES string of the molecule is COC(=O)CCc1ccc(OCCC2CCCO2)c(OC)c1. The Morgan fingerprint density at radius 1 is 1.32 bits per heavy atom. The van der Waals surface area contributed by atoms with Gasteiger partial charge in [0.05, 0.1) is 26.9 Å². The maximum atomic E-state index is 11.2. The third kappa shape index (κ3) is 4.91. The van der Waals surface area contributed by atoms with Crippen LogP contribution in [0, 0.1) is 0 Å². The predicted octanol–water partition coefficient (Wildman–Crippen LogP) is 2.75. The van der Waals surface area contributed by atoms with Crippen molar-refractivity contribution in [3.8, 4) is 11.5 Å². The van der Waals surface area contributed by atoms with Gasteiger partial charge in [-0.2, -0.15) is 0 Å².